The summed E-state index contributed by atoms with van der Waals surface area (Å²) in [5.74, 6) is 3.53. The molecule has 0 aromatic carbocycles. The topological polar surface area (TPSA) is 80.5 Å². The first kappa shape index (κ1) is 15.2. The van der Waals surface area contributed by atoms with E-state index in [9.17, 15) is 0 Å². The van der Waals surface area contributed by atoms with Crippen molar-refractivity contribution in [1.29, 1.82) is 0 Å². The van der Waals surface area contributed by atoms with Crippen molar-refractivity contribution in [3.63, 3.8) is 0 Å². The minimum atomic E-state index is 0.764. The van der Waals surface area contributed by atoms with Gasteiger partial charge >= 0.3 is 0 Å². The lowest BCUT2D eigenvalue weighted by Crippen LogP contribution is -2.12. The van der Waals surface area contributed by atoms with Gasteiger partial charge in [0.2, 0.25) is 0 Å². The van der Waals surface area contributed by atoms with Gasteiger partial charge in [0.05, 0.1) is 0 Å². The molecule has 0 unspecified atom stereocenters. The Morgan fingerprint density at radius 2 is 1.81 bits per heavy atom. The largest absolute Gasteiger partial charge is 0.370 e. The van der Waals surface area contributed by atoms with E-state index in [1.54, 1.807) is 6.33 Å². The molecular formula is C14H23N7. The van der Waals surface area contributed by atoms with Crippen LogP contribution in [-0.4, -0.2) is 37.8 Å². The molecule has 0 atom stereocenters. The van der Waals surface area contributed by atoms with Gasteiger partial charge in [-0.3, -0.25) is 0 Å². The molecule has 7 nitrogen and oxygen atoms in total. The second kappa shape index (κ2) is 7.56. The van der Waals surface area contributed by atoms with E-state index in [4.69, 9.17) is 0 Å². The molecular weight excluding hydrogens is 266 g/mol. The van der Waals surface area contributed by atoms with E-state index in [1.165, 1.54) is 0 Å². The summed E-state index contributed by atoms with van der Waals surface area (Å²) in [6, 6.07) is 1.95. The van der Waals surface area contributed by atoms with Crippen LogP contribution >= 0.6 is 0 Å². The van der Waals surface area contributed by atoms with Crippen LogP contribution < -0.4 is 10.6 Å². The lowest BCUT2D eigenvalue weighted by atomic mass is 10.3. The number of nitrogens with zero attached hydrogens (tertiary/aromatic N) is 5. The Hall–Kier alpha value is -2.18. The van der Waals surface area contributed by atoms with Crippen LogP contribution in [0, 0.1) is 0 Å². The van der Waals surface area contributed by atoms with Gasteiger partial charge < -0.3 is 15.2 Å². The van der Waals surface area contributed by atoms with E-state index in [-0.39, 0.29) is 0 Å². The Labute approximate surface area is 125 Å². The molecule has 0 saturated carbocycles. The molecule has 0 fully saturated rings. The lowest BCUT2D eigenvalue weighted by molar-refractivity contribution is 0.786. The quantitative estimate of drug-likeness (QED) is 0.769. The molecule has 114 valence electrons. The maximum Gasteiger partial charge on any atom is 0.134 e. The molecule has 0 aliphatic heterocycles. The van der Waals surface area contributed by atoms with E-state index < -0.39 is 0 Å². The highest BCUT2D eigenvalue weighted by atomic mass is 15.2. The summed E-state index contributed by atoms with van der Waals surface area (Å²) in [7, 11) is 1.95. The van der Waals surface area contributed by atoms with Gasteiger partial charge in [-0.2, -0.15) is 0 Å². The molecule has 0 radical (unpaired) electrons. The number of aryl methyl sites for hydroxylation is 2. The standard InChI is InChI=1S/C14H23N7/c1-4-7-15-12-9-13(19-11(5-2)18-12)16-8-6-14-20-17-10-21(14)3/h9-10H,4-8H2,1-3H3,(H2,15,16,18,19). The second-order valence-electron chi connectivity index (χ2n) is 4.87. The average Bonchev–Trinajstić information content (AvgIpc) is 2.90. The third-order valence-electron chi connectivity index (χ3n) is 3.10. The van der Waals surface area contributed by atoms with Crippen LogP contribution in [0.5, 0.6) is 0 Å². The Kier molecular flexibility index (Phi) is 5.48. The molecule has 0 saturated heterocycles. The number of rotatable bonds is 8. The van der Waals surface area contributed by atoms with E-state index >= 15 is 0 Å². The lowest BCUT2D eigenvalue weighted by Gasteiger charge is -2.10. The van der Waals surface area contributed by atoms with Crippen molar-refractivity contribution >= 4 is 11.6 Å². The number of aromatic nitrogens is 5. The van der Waals surface area contributed by atoms with Crippen LogP contribution in [0.25, 0.3) is 0 Å². The third-order valence-corrected chi connectivity index (χ3v) is 3.10. The number of hydrogen-bond acceptors (Lipinski definition) is 6. The van der Waals surface area contributed by atoms with Gasteiger partial charge in [-0.15, -0.1) is 10.2 Å². The smallest absolute Gasteiger partial charge is 0.134 e. The Bertz CT molecular complexity index is 564. The van der Waals surface area contributed by atoms with Gasteiger partial charge in [0.25, 0.3) is 0 Å². The molecule has 0 spiro atoms. The SMILES string of the molecule is CCCNc1cc(NCCc2nncn2C)nc(CC)n1. The summed E-state index contributed by atoms with van der Waals surface area (Å²) in [5, 5.41) is 14.6. The molecule has 21 heavy (non-hydrogen) atoms. The Morgan fingerprint density at radius 3 is 2.38 bits per heavy atom. The Balaban J connectivity index is 1.96. The molecule has 0 amide bonds. The highest BCUT2D eigenvalue weighted by Gasteiger charge is 2.04. The van der Waals surface area contributed by atoms with E-state index in [0.717, 1.165) is 55.6 Å². The fourth-order valence-corrected chi connectivity index (χ4v) is 1.93. The summed E-state index contributed by atoms with van der Waals surface area (Å²) in [6.45, 7) is 5.87. The summed E-state index contributed by atoms with van der Waals surface area (Å²) >= 11 is 0. The maximum atomic E-state index is 4.50. The monoisotopic (exact) mass is 289 g/mol. The van der Waals surface area contributed by atoms with Crippen molar-refractivity contribution in [3.8, 4) is 0 Å². The van der Waals surface area contributed by atoms with Gasteiger partial charge in [-0.05, 0) is 6.42 Å². The number of nitrogens with one attached hydrogen (secondary N) is 2. The minimum absolute atomic E-state index is 0.764. The molecule has 2 rings (SSSR count). The first-order valence-corrected chi connectivity index (χ1v) is 7.41. The van der Waals surface area contributed by atoms with Gasteiger partial charge in [0.15, 0.2) is 0 Å². The van der Waals surface area contributed by atoms with Gasteiger partial charge in [-0.25, -0.2) is 9.97 Å². The molecule has 2 aromatic rings. The predicted octanol–water partition coefficient (Wildman–Crippen LogP) is 1.64. The zero-order valence-corrected chi connectivity index (χ0v) is 12.9. The van der Waals surface area contributed by atoms with Crippen LogP contribution in [0.15, 0.2) is 12.4 Å². The average molecular weight is 289 g/mol. The van der Waals surface area contributed by atoms with Crippen LogP contribution in [-0.2, 0) is 19.9 Å². The van der Waals surface area contributed by atoms with Crippen molar-refractivity contribution in [1.82, 2.24) is 24.7 Å². The van der Waals surface area contributed by atoms with E-state index in [2.05, 4.69) is 44.6 Å². The summed E-state index contributed by atoms with van der Waals surface area (Å²) < 4.78 is 1.92. The number of anilines is 2. The molecule has 0 bridgehead atoms. The fraction of sp³-hybridized carbons (Fsp3) is 0.571. The van der Waals surface area contributed by atoms with Crippen molar-refractivity contribution in [2.24, 2.45) is 7.05 Å². The van der Waals surface area contributed by atoms with Gasteiger partial charge in [0, 0.05) is 39.0 Å². The van der Waals surface area contributed by atoms with Crippen molar-refractivity contribution in [2.75, 3.05) is 23.7 Å². The van der Waals surface area contributed by atoms with E-state index in [1.807, 2.05) is 17.7 Å². The summed E-state index contributed by atoms with van der Waals surface area (Å²) in [4.78, 5) is 8.97. The zero-order chi connectivity index (χ0) is 15.1. The van der Waals surface area contributed by atoms with Crippen molar-refractivity contribution in [3.05, 3.63) is 24.0 Å². The molecule has 0 aliphatic carbocycles. The fourth-order valence-electron chi connectivity index (χ4n) is 1.93. The second-order valence-corrected chi connectivity index (χ2v) is 4.87. The van der Waals surface area contributed by atoms with Crippen LogP contribution in [0.3, 0.4) is 0 Å². The van der Waals surface area contributed by atoms with Crippen LogP contribution in [0.4, 0.5) is 11.6 Å². The van der Waals surface area contributed by atoms with Crippen LogP contribution in [0.1, 0.15) is 31.9 Å². The van der Waals surface area contributed by atoms with Gasteiger partial charge in [0.1, 0.15) is 29.6 Å². The first-order valence-electron chi connectivity index (χ1n) is 7.41. The highest BCUT2D eigenvalue weighted by Crippen LogP contribution is 2.12. The minimum Gasteiger partial charge on any atom is -0.370 e. The number of hydrogen-bond donors (Lipinski definition) is 2. The molecule has 7 heteroatoms. The summed E-state index contributed by atoms with van der Waals surface area (Å²) in [5.41, 5.74) is 0. The van der Waals surface area contributed by atoms with Gasteiger partial charge in [-0.1, -0.05) is 13.8 Å². The van der Waals surface area contributed by atoms with Crippen molar-refractivity contribution < 1.29 is 0 Å². The van der Waals surface area contributed by atoms with E-state index in [0.29, 0.717) is 0 Å². The first-order chi connectivity index (χ1) is 10.2. The molecule has 2 aromatic heterocycles. The summed E-state index contributed by atoms with van der Waals surface area (Å²) in [6.07, 6.45) is 4.40. The normalized spacial score (nSPS) is 10.6. The maximum absolute atomic E-state index is 4.50. The molecule has 2 heterocycles. The highest BCUT2D eigenvalue weighted by molar-refractivity contribution is 5.47. The molecule has 2 N–H and O–H groups in total. The predicted molar refractivity (Wildman–Crippen MR) is 83.4 cm³/mol. The third kappa shape index (κ3) is 4.40. The zero-order valence-electron chi connectivity index (χ0n) is 12.9. The molecule has 0 aliphatic rings. The Morgan fingerprint density at radius 1 is 1.10 bits per heavy atom. The van der Waals surface area contributed by atoms with Crippen molar-refractivity contribution in [2.45, 2.75) is 33.1 Å². The van der Waals surface area contributed by atoms with Crippen LogP contribution in [0.2, 0.25) is 0 Å².